The van der Waals surface area contributed by atoms with Gasteiger partial charge in [-0.15, -0.1) is 0 Å². The van der Waals surface area contributed by atoms with Crippen LogP contribution in [0.5, 0.6) is 0 Å². The molecule has 2 N–H and O–H groups in total. The number of halogens is 1. The van der Waals surface area contributed by atoms with E-state index in [9.17, 15) is 9.50 Å². The van der Waals surface area contributed by atoms with Crippen LogP contribution in [-0.4, -0.2) is 23.2 Å². The predicted molar refractivity (Wildman–Crippen MR) is 95.3 cm³/mol. The normalized spacial score (nSPS) is 14.4. The molecule has 2 unspecified atom stereocenters. The number of nitrogens with one attached hydrogen (secondary N) is 1. The molecule has 130 valence electrons. The molecule has 1 aromatic heterocycles. The zero-order valence-corrected chi connectivity index (χ0v) is 14.7. The molecule has 0 saturated heterocycles. The maximum Gasteiger partial charge on any atom is 0.141 e. The van der Waals surface area contributed by atoms with Crippen molar-refractivity contribution in [3.05, 3.63) is 65.7 Å². The van der Waals surface area contributed by atoms with E-state index in [-0.39, 0.29) is 29.8 Å². The summed E-state index contributed by atoms with van der Waals surface area (Å²) >= 11 is 0. The second-order valence-electron chi connectivity index (χ2n) is 6.88. The van der Waals surface area contributed by atoms with Crippen LogP contribution >= 0.6 is 0 Å². The molecular formula is C20H27FN2O. The second kappa shape index (κ2) is 8.36. The van der Waals surface area contributed by atoms with E-state index in [1.165, 1.54) is 17.8 Å². The Kier molecular flexibility index (Phi) is 6.46. The second-order valence-corrected chi connectivity index (χ2v) is 6.88. The van der Waals surface area contributed by atoms with Crippen LogP contribution in [0.3, 0.4) is 0 Å². The van der Waals surface area contributed by atoms with E-state index in [0.29, 0.717) is 0 Å². The standard InChI is InChI=1S/C20H27FN2O/c1-4-18(19-11-10-16(21)12-22-19)23-13-17(20(2,3)14-24)15-8-6-5-7-9-15/h5-12,17-18,23-24H,4,13-14H2,1-3H3. The van der Waals surface area contributed by atoms with Gasteiger partial charge in [-0.1, -0.05) is 51.1 Å². The van der Waals surface area contributed by atoms with Crippen molar-refractivity contribution < 1.29 is 9.50 Å². The summed E-state index contributed by atoms with van der Waals surface area (Å²) in [5, 5.41) is 13.4. The largest absolute Gasteiger partial charge is 0.396 e. The van der Waals surface area contributed by atoms with Gasteiger partial charge in [-0.05, 0) is 29.5 Å². The number of pyridine rings is 1. The monoisotopic (exact) mass is 330 g/mol. The minimum Gasteiger partial charge on any atom is -0.396 e. The summed E-state index contributed by atoms with van der Waals surface area (Å²) in [5.41, 5.74) is 1.79. The Bertz CT molecular complexity index is 613. The highest BCUT2D eigenvalue weighted by molar-refractivity contribution is 5.22. The summed E-state index contributed by atoms with van der Waals surface area (Å²) < 4.78 is 13.1. The van der Waals surface area contributed by atoms with Crippen LogP contribution in [0, 0.1) is 11.2 Å². The zero-order chi connectivity index (χ0) is 17.6. The molecule has 0 bridgehead atoms. The van der Waals surface area contributed by atoms with Gasteiger partial charge < -0.3 is 10.4 Å². The van der Waals surface area contributed by atoms with Crippen LogP contribution in [0.4, 0.5) is 4.39 Å². The molecule has 0 spiro atoms. The van der Waals surface area contributed by atoms with E-state index in [2.05, 4.69) is 43.2 Å². The molecule has 1 heterocycles. The Labute approximate surface area is 144 Å². The lowest BCUT2D eigenvalue weighted by Crippen LogP contribution is -2.36. The lowest BCUT2D eigenvalue weighted by molar-refractivity contribution is 0.127. The highest BCUT2D eigenvalue weighted by Crippen LogP contribution is 2.35. The Balaban J connectivity index is 2.15. The number of rotatable bonds is 8. The summed E-state index contributed by atoms with van der Waals surface area (Å²) in [6.07, 6.45) is 2.12. The van der Waals surface area contributed by atoms with Gasteiger partial charge in [0.2, 0.25) is 0 Å². The summed E-state index contributed by atoms with van der Waals surface area (Å²) in [4.78, 5) is 4.20. The SMILES string of the molecule is CCC(NCC(c1ccccc1)C(C)(C)CO)c1ccc(F)cn1. The summed E-state index contributed by atoms with van der Waals surface area (Å²) in [5.74, 6) is -0.157. The van der Waals surface area contributed by atoms with E-state index in [0.717, 1.165) is 18.7 Å². The van der Waals surface area contributed by atoms with Crippen molar-refractivity contribution in [1.29, 1.82) is 0 Å². The number of aromatic nitrogens is 1. The Morgan fingerprint density at radius 2 is 1.88 bits per heavy atom. The number of hydrogen-bond acceptors (Lipinski definition) is 3. The highest BCUT2D eigenvalue weighted by atomic mass is 19.1. The molecule has 2 atom stereocenters. The lowest BCUT2D eigenvalue weighted by atomic mass is 9.75. The van der Waals surface area contributed by atoms with Gasteiger partial charge in [0.1, 0.15) is 5.82 Å². The first-order valence-corrected chi connectivity index (χ1v) is 8.48. The van der Waals surface area contributed by atoms with Crippen LogP contribution in [0.25, 0.3) is 0 Å². The molecule has 3 nitrogen and oxygen atoms in total. The first-order valence-electron chi connectivity index (χ1n) is 8.48. The van der Waals surface area contributed by atoms with Gasteiger partial charge in [0.05, 0.1) is 11.9 Å². The van der Waals surface area contributed by atoms with Gasteiger partial charge in [0, 0.05) is 25.1 Å². The van der Waals surface area contributed by atoms with Crippen LogP contribution in [0.1, 0.15) is 50.4 Å². The molecular weight excluding hydrogens is 303 g/mol. The Morgan fingerprint density at radius 1 is 1.17 bits per heavy atom. The fourth-order valence-corrected chi connectivity index (χ4v) is 2.95. The van der Waals surface area contributed by atoms with E-state index in [1.807, 2.05) is 18.2 Å². The minimum atomic E-state index is -0.322. The number of hydrogen-bond donors (Lipinski definition) is 2. The molecule has 2 aromatic rings. The smallest absolute Gasteiger partial charge is 0.141 e. The zero-order valence-electron chi connectivity index (χ0n) is 14.7. The van der Waals surface area contributed by atoms with Crippen molar-refractivity contribution >= 4 is 0 Å². The van der Waals surface area contributed by atoms with Gasteiger partial charge in [0.15, 0.2) is 0 Å². The quantitative estimate of drug-likeness (QED) is 0.767. The lowest BCUT2D eigenvalue weighted by Gasteiger charge is -2.34. The van der Waals surface area contributed by atoms with Gasteiger partial charge in [0.25, 0.3) is 0 Å². The summed E-state index contributed by atoms with van der Waals surface area (Å²) in [6, 6.07) is 13.5. The number of nitrogens with zero attached hydrogens (tertiary/aromatic N) is 1. The molecule has 0 aliphatic carbocycles. The van der Waals surface area contributed by atoms with Crippen LogP contribution in [0.2, 0.25) is 0 Å². The van der Waals surface area contributed by atoms with Gasteiger partial charge in [-0.3, -0.25) is 4.98 Å². The fourth-order valence-electron chi connectivity index (χ4n) is 2.95. The third-order valence-electron chi connectivity index (χ3n) is 4.64. The first-order chi connectivity index (χ1) is 11.5. The van der Waals surface area contributed by atoms with Crippen molar-refractivity contribution in [3.8, 4) is 0 Å². The molecule has 1 aromatic carbocycles. The van der Waals surface area contributed by atoms with Crippen LogP contribution < -0.4 is 5.32 Å². The molecule has 0 aliphatic rings. The van der Waals surface area contributed by atoms with Gasteiger partial charge >= 0.3 is 0 Å². The van der Waals surface area contributed by atoms with E-state index in [1.54, 1.807) is 6.07 Å². The van der Waals surface area contributed by atoms with E-state index >= 15 is 0 Å². The highest BCUT2D eigenvalue weighted by Gasteiger charge is 2.30. The molecule has 0 fully saturated rings. The van der Waals surface area contributed by atoms with Crippen LogP contribution in [-0.2, 0) is 0 Å². The third-order valence-corrected chi connectivity index (χ3v) is 4.64. The Morgan fingerprint density at radius 3 is 2.42 bits per heavy atom. The first kappa shape index (κ1) is 18.6. The average molecular weight is 330 g/mol. The number of aliphatic hydroxyl groups excluding tert-OH is 1. The third kappa shape index (κ3) is 4.62. The molecule has 0 amide bonds. The molecule has 24 heavy (non-hydrogen) atoms. The van der Waals surface area contributed by atoms with Crippen molar-refractivity contribution in [1.82, 2.24) is 10.3 Å². The van der Waals surface area contributed by atoms with Crippen molar-refractivity contribution in [2.45, 2.75) is 39.2 Å². The van der Waals surface area contributed by atoms with Crippen molar-refractivity contribution in [2.75, 3.05) is 13.2 Å². The maximum absolute atomic E-state index is 13.1. The topological polar surface area (TPSA) is 45.1 Å². The summed E-state index contributed by atoms with van der Waals surface area (Å²) in [6.45, 7) is 7.05. The number of benzene rings is 1. The fraction of sp³-hybridized carbons (Fsp3) is 0.450. The average Bonchev–Trinajstić information content (AvgIpc) is 2.60. The maximum atomic E-state index is 13.1. The number of aliphatic hydroxyl groups is 1. The molecule has 0 aliphatic heterocycles. The van der Waals surface area contributed by atoms with E-state index < -0.39 is 0 Å². The van der Waals surface area contributed by atoms with Crippen molar-refractivity contribution in [2.24, 2.45) is 5.41 Å². The van der Waals surface area contributed by atoms with E-state index in [4.69, 9.17) is 0 Å². The summed E-state index contributed by atoms with van der Waals surface area (Å²) in [7, 11) is 0. The molecule has 0 radical (unpaired) electrons. The predicted octanol–water partition coefficient (Wildman–Crippen LogP) is 4.06. The van der Waals surface area contributed by atoms with Crippen molar-refractivity contribution in [3.63, 3.8) is 0 Å². The Hall–Kier alpha value is -1.78. The minimum absolute atomic E-state index is 0.0614. The molecule has 0 saturated carbocycles. The van der Waals surface area contributed by atoms with Gasteiger partial charge in [-0.2, -0.15) is 0 Å². The molecule has 4 heteroatoms. The van der Waals surface area contributed by atoms with Crippen LogP contribution in [0.15, 0.2) is 48.7 Å². The molecule has 2 rings (SSSR count). The van der Waals surface area contributed by atoms with Gasteiger partial charge in [-0.25, -0.2) is 4.39 Å².